The second-order valence-electron chi connectivity index (χ2n) is 3.22. The lowest BCUT2D eigenvalue weighted by atomic mass is 10.0. The second-order valence-corrected chi connectivity index (χ2v) is 3.22. The van der Waals surface area contributed by atoms with Gasteiger partial charge in [0.05, 0.1) is 0 Å². The molecule has 0 bridgehead atoms. The Hall–Kier alpha value is -1.19. The number of hydrogen-bond acceptors (Lipinski definition) is 1. The van der Waals surface area contributed by atoms with Crippen molar-refractivity contribution in [2.24, 2.45) is 0 Å². The third-order valence-corrected chi connectivity index (χ3v) is 1.84. The molecule has 0 radical (unpaired) electrons. The zero-order chi connectivity index (χ0) is 10.7. The predicted molar refractivity (Wildman–Crippen MR) is 47.1 cm³/mol. The summed E-state index contributed by atoms with van der Waals surface area (Å²) in [7, 11) is 0. The fraction of sp³-hybridized carbons (Fsp3) is 0.400. The molecule has 0 aromatic heterocycles. The van der Waals surface area contributed by atoms with E-state index >= 15 is 0 Å². The van der Waals surface area contributed by atoms with Crippen LogP contribution < -0.4 is 4.74 Å². The van der Waals surface area contributed by atoms with Gasteiger partial charge in [0.15, 0.2) is 11.6 Å². The number of rotatable bonds is 3. The highest BCUT2D eigenvalue weighted by Crippen LogP contribution is 2.24. The van der Waals surface area contributed by atoms with Gasteiger partial charge in [0.25, 0.3) is 0 Å². The number of alkyl halides is 2. The summed E-state index contributed by atoms with van der Waals surface area (Å²) in [5.74, 6) is -1.02. The van der Waals surface area contributed by atoms with E-state index in [2.05, 4.69) is 4.74 Å². The molecule has 78 valence electrons. The average Bonchev–Trinajstić information content (AvgIpc) is 2.07. The minimum absolute atomic E-state index is 0.149. The molecule has 1 aromatic carbocycles. The van der Waals surface area contributed by atoms with Crippen molar-refractivity contribution in [1.82, 2.24) is 0 Å². The Morgan fingerprint density at radius 3 is 2.36 bits per heavy atom. The molecule has 1 aromatic rings. The molecular weight excluding hydrogens is 193 g/mol. The zero-order valence-corrected chi connectivity index (χ0v) is 7.93. The molecule has 0 spiro atoms. The molecule has 14 heavy (non-hydrogen) atoms. The number of halogens is 3. The highest BCUT2D eigenvalue weighted by molar-refractivity contribution is 5.31. The van der Waals surface area contributed by atoms with Crippen LogP contribution in [-0.4, -0.2) is 6.61 Å². The first kappa shape index (κ1) is 10.9. The largest absolute Gasteiger partial charge is 0.432 e. The molecule has 0 N–H and O–H groups in total. The van der Waals surface area contributed by atoms with Crippen LogP contribution in [0.4, 0.5) is 13.2 Å². The average molecular weight is 204 g/mol. The SMILES string of the molecule is CC(C)c1ccc(F)c(OC(F)F)c1. The van der Waals surface area contributed by atoms with E-state index in [1.165, 1.54) is 6.07 Å². The highest BCUT2D eigenvalue weighted by Gasteiger charge is 2.11. The molecule has 1 nitrogen and oxygen atoms in total. The van der Waals surface area contributed by atoms with Gasteiger partial charge in [-0.2, -0.15) is 8.78 Å². The molecule has 0 amide bonds. The van der Waals surface area contributed by atoms with E-state index in [1.807, 2.05) is 13.8 Å². The van der Waals surface area contributed by atoms with E-state index in [4.69, 9.17) is 0 Å². The highest BCUT2D eigenvalue weighted by atomic mass is 19.3. The van der Waals surface area contributed by atoms with Crippen LogP contribution in [0.3, 0.4) is 0 Å². The van der Waals surface area contributed by atoms with Crippen molar-refractivity contribution in [3.63, 3.8) is 0 Å². The molecule has 0 atom stereocenters. The number of benzene rings is 1. The van der Waals surface area contributed by atoms with Gasteiger partial charge in [-0.15, -0.1) is 0 Å². The van der Waals surface area contributed by atoms with Crippen molar-refractivity contribution in [2.45, 2.75) is 26.4 Å². The van der Waals surface area contributed by atoms with Crippen molar-refractivity contribution < 1.29 is 17.9 Å². The third kappa shape index (κ3) is 2.65. The molecule has 0 aliphatic heterocycles. The van der Waals surface area contributed by atoms with Crippen LogP contribution in [0.15, 0.2) is 18.2 Å². The summed E-state index contributed by atoms with van der Waals surface area (Å²) in [6.45, 7) is 0.783. The van der Waals surface area contributed by atoms with Crippen LogP contribution in [0.5, 0.6) is 5.75 Å². The minimum Gasteiger partial charge on any atom is -0.432 e. The fourth-order valence-corrected chi connectivity index (χ4v) is 1.07. The Labute approximate surface area is 80.5 Å². The van der Waals surface area contributed by atoms with Gasteiger partial charge >= 0.3 is 6.61 Å². The molecular formula is C10H11F3O. The van der Waals surface area contributed by atoms with Gasteiger partial charge in [0.1, 0.15) is 0 Å². The van der Waals surface area contributed by atoms with Crippen LogP contribution in [0, 0.1) is 5.82 Å². The third-order valence-electron chi connectivity index (χ3n) is 1.84. The monoisotopic (exact) mass is 204 g/mol. The Balaban J connectivity index is 2.96. The number of ether oxygens (including phenoxy) is 1. The molecule has 0 saturated carbocycles. The van der Waals surface area contributed by atoms with Crippen molar-refractivity contribution >= 4 is 0 Å². The number of hydrogen-bond donors (Lipinski definition) is 0. The lowest BCUT2D eigenvalue weighted by Crippen LogP contribution is -2.04. The van der Waals surface area contributed by atoms with Gasteiger partial charge in [-0.25, -0.2) is 4.39 Å². The summed E-state index contributed by atoms with van der Waals surface area (Å²) in [5, 5.41) is 0. The van der Waals surface area contributed by atoms with Gasteiger partial charge in [-0.1, -0.05) is 19.9 Å². The van der Waals surface area contributed by atoms with Crippen molar-refractivity contribution in [2.75, 3.05) is 0 Å². The molecule has 0 aliphatic carbocycles. The van der Waals surface area contributed by atoms with Crippen LogP contribution in [0.1, 0.15) is 25.3 Å². The zero-order valence-electron chi connectivity index (χ0n) is 7.93. The van der Waals surface area contributed by atoms with E-state index in [1.54, 1.807) is 6.07 Å². The molecule has 0 heterocycles. The standard InChI is InChI=1S/C10H11F3O/c1-6(2)7-3-4-8(11)9(5-7)14-10(12)13/h3-6,10H,1-2H3. The first-order chi connectivity index (χ1) is 6.50. The maximum absolute atomic E-state index is 12.9. The topological polar surface area (TPSA) is 9.23 Å². The molecule has 0 fully saturated rings. The smallest absolute Gasteiger partial charge is 0.387 e. The lowest BCUT2D eigenvalue weighted by Gasteiger charge is -2.09. The summed E-state index contributed by atoms with van der Waals surface area (Å²) in [4.78, 5) is 0. The Morgan fingerprint density at radius 1 is 1.21 bits per heavy atom. The van der Waals surface area contributed by atoms with Gasteiger partial charge in [0, 0.05) is 0 Å². The summed E-state index contributed by atoms with van der Waals surface area (Å²) >= 11 is 0. The van der Waals surface area contributed by atoms with Crippen LogP contribution >= 0.6 is 0 Å². The van der Waals surface area contributed by atoms with Gasteiger partial charge in [-0.05, 0) is 23.6 Å². The molecule has 0 saturated heterocycles. The second kappa shape index (κ2) is 4.35. The van der Waals surface area contributed by atoms with E-state index in [-0.39, 0.29) is 5.92 Å². The summed E-state index contributed by atoms with van der Waals surface area (Å²) in [6, 6.07) is 3.98. The Kier molecular flexibility index (Phi) is 3.38. The quantitative estimate of drug-likeness (QED) is 0.731. The predicted octanol–water partition coefficient (Wildman–Crippen LogP) is 3.55. The van der Waals surface area contributed by atoms with E-state index in [0.29, 0.717) is 0 Å². The summed E-state index contributed by atoms with van der Waals surface area (Å²) in [5.41, 5.74) is 0.766. The maximum Gasteiger partial charge on any atom is 0.387 e. The van der Waals surface area contributed by atoms with Crippen molar-refractivity contribution in [3.05, 3.63) is 29.6 Å². The van der Waals surface area contributed by atoms with Crippen LogP contribution in [0.2, 0.25) is 0 Å². The fourth-order valence-electron chi connectivity index (χ4n) is 1.07. The van der Waals surface area contributed by atoms with Crippen molar-refractivity contribution in [3.8, 4) is 5.75 Å². The Morgan fingerprint density at radius 2 is 1.86 bits per heavy atom. The first-order valence-corrected chi connectivity index (χ1v) is 4.25. The maximum atomic E-state index is 12.9. The van der Waals surface area contributed by atoms with E-state index < -0.39 is 18.2 Å². The molecule has 0 aliphatic rings. The van der Waals surface area contributed by atoms with Gasteiger partial charge < -0.3 is 4.74 Å². The minimum atomic E-state index is -2.99. The molecule has 4 heteroatoms. The molecule has 0 unspecified atom stereocenters. The summed E-state index contributed by atoms with van der Waals surface area (Å²) in [6.07, 6.45) is 0. The van der Waals surface area contributed by atoms with E-state index in [0.717, 1.165) is 11.6 Å². The van der Waals surface area contributed by atoms with Crippen LogP contribution in [0.25, 0.3) is 0 Å². The van der Waals surface area contributed by atoms with E-state index in [9.17, 15) is 13.2 Å². The van der Waals surface area contributed by atoms with Gasteiger partial charge in [0.2, 0.25) is 0 Å². The first-order valence-electron chi connectivity index (χ1n) is 4.25. The van der Waals surface area contributed by atoms with Crippen molar-refractivity contribution in [1.29, 1.82) is 0 Å². The normalized spacial score (nSPS) is 11.1. The Bertz CT molecular complexity index is 310. The lowest BCUT2D eigenvalue weighted by molar-refractivity contribution is -0.0522. The summed E-state index contributed by atoms with van der Waals surface area (Å²) < 4.78 is 40.7. The van der Waals surface area contributed by atoms with Gasteiger partial charge in [-0.3, -0.25) is 0 Å². The molecule has 1 rings (SSSR count). The van der Waals surface area contributed by atoms with Crippen LogP contribution in [-0.2, 0) is 0 Å².